The molecule has 0 unspecified atom stereocenters. The van der Waals surface area contributed by atoms with Gasteiger partial charge in [0.05, 0.1) is 11.4 Å². The summed E-state index contributed by atoms with van der Waals surface area (Å²) in [5, 5.41) is 0.281. The molecule has 37 heavy (non-hydrogen) atoms. The van der Waals surface area contributed by atoms with Gasteiger partial charge in [-0.2, -0.15) is 0 Å². The molecule has 0 radical (unpaired) electrons. The van der Waals surface area contributed by atoms with Gasteiger partial charge in [-0.15, -0.1) is 0 Å². The summed E-state index contributed by atoms with van der Waals surface area (Å²) in [7, 11) is 0. The van der Waals surface area contributed by atoms with Crippen LogP contribution in [0.4, 0.5) is 14.5 Å². The first kappa shape index (κ1) is 24.1. The third-order valence-electron chi connectivity index (χ3n) is 7.49. The largest absolute Gasteiger partial charge is 0.370 e. The molecule has 2 aromatic heterocycles. The fraction of sp³-hybridized carbons (Fsp3) is 0.357. The number of aromatic nitrogens is 4. The Hall–Kier alpha value is -3.23. The van der Waals surface area contributed by atoms with Gasteiger partial charge in [0.25, 0.3) is 0 Å². The Balaban J connectivity index is 1.41. The van der Waals surface area contributed by atoms with E-state index in [-0.39, 0.29) is 22.2 Å². The standard InChI is InChI=1S/C28H27ClF2N6/c1-15(2)36-11-28(12-36)13-37(14-28)21-8-18(7-20(30)10-21)26-34-24(22-6-5-19(29)9-23(22)31)25-27(35-26)33-17(4)16(3)32-25/h5-10,15H,11-14H2,1-4H3. The maximum absolute atomic E-state index is 15.0. The second kappa shape index (κ2) is 8.67. The Morgan fingerprint density at radius 2 is 1.62 bits per heavy atom. The van der Waals surface area contributed by atoms with E-state index in [2.05, 4.69) is 43.6 Å². The molecule has 4 heterocycles. The number of fused-ring (bicyclic) bond motifs is 1. The van der Waals surface area contributed by atoms with Crippen LogP contribution in [-0.2, 0) is 0 Å². The predicted octanol–water partition coefficient (Wildman–Crippen LogP) is 5.83. The lowest BCUT2D eigenvalue weighted by atomic mass is 9.72. The van der Waals surface area contributed by atoms with Crippen LogP contribution in [0.25, 0.3) is 33.8 Å². The summed E-state index contributed by atoms with van der Waals surface area (Å²) in [5.74, 6) is -0.639. The van der Waals surface area contributed by atoms with E-state index in [4.69, 9.17) is 11.6 Å². The van der Waals surface area contributed by atoms with Crippen molar-refractivity contribution in [3.05, 3.63) is 64.4 Å². The van der Waals surface area contributed by atoms with Gasteiger partial charge in [-0.3, -0.25) is 4.90 Å². The summed E-state index contributed by atoms with van der Waals surface area (Å²) in [5.41, 5.74) is 4.23. The van der Waals surface area contributed by atoms with Crippen LogP contribution in [-0.4, -0.2) is 57.1 Å². The molecule has 2 saturated heterocycles. The lowest BCUT2D eigenvalue weighted by Gasteiger charge is -2.62. The number of hydrogen-bond acceptors (Lipinski definition) is 6. The third kappa shape index (κ3) is 4.22. The Morgan fingerprint density at radius 1 is 0.892 bits per heavy atom. The van der Waals surface area contributed by atoms with Gasteiger partial charge >= 0.3 is 0 Å². The van der Waals surface area contributed by atoms with Crippen molar-refractivity contribution in [3.8, 4) is 22.6 Å². The summed E-state index contributed by atoms with van der Waals surface area (Å²) >= 11 is 5.99. The molecule has 0 bridgehead atoms. The second-order valence-corrected chi connectivity index (χ2v) is 11.1. The van der Waals surface area contributed by atoms with Gasteiger partial charge < -0.3 is 4.90 Å². The van der Waals surface area contributed by atoms with Crippen LogP contribution in [0.2, 0.25) is 5.02 Å². The molecule has 2 aliphatic heterocycles. The van der Waals surface area contributed by atoms with Crippen LogP contribution in [0.1, 0.15) is 25.2 Å². The molecule has 1 spiro atoms. The number of aryl methyl sites for hydroxylation is 2. The van der Waals surface area contributed by atoms with E-state index in [0.29, 0.717) is 45.3 Å². The highest BCUT2D eigenvalue weighted by atomic mass is 35.5. The van der Waals surface area contributed by atoms with Crippen LogP contribution in [0.5, 0.6) is 0 Å². The first-order chi connectivity index (χ1) is 17.6. The SMILES string of the molecule is Cc1nc2nc(-c3cc(F)cc(N4CC5(C4)CN(C(C)C)C5)c3)nc(-c3ccc(Cl)cc3F)c2nc1C. The molecule has 0 atom stereocenters. The predicted molar refractivity (Wildman–Crippen MR) is 142 cm³/mol. The molecular formula is C28H27ClF2N6. The van der Waals surface area contributed by atoms with Gasteiger partial charge in [-0.25, -0.2) is 28.7 Å². The minimum absolute atomic E-state index is 0.233. The fourth-order valence-corrected chi connectivity index (χ4v) is 5.48. The van der Waals surface area contributed by atoms with E-state index in [9.17, 15) is 8.78 Å². The summed E-state index contributed by atoms with van der Waals surface area (Å²) < 4.78 is 29.9. The number of anilines is 1. The van der Waals surface area contributed by atoms with Gasteiger partial charge in [0.15, 0.2) is 11.5 Å². The van der Waals surface area contributed by atoms with E-state index >= 15 is 0 Å². The normalized spacial score (nSPS) is 16.9. The van der Waals surface area contributed by atoms with Crippen molar-refractivity contribution in [1.29, 1.82) is 0 Å². The topological polar surface area (TPSA) is 58.0 Å². The zero-order valence-electron chi connectivity index (χ0n) is 21.2. The van der Waals surface area contributed by atoms with E-state index in [1.54, 1.807) is 18.2 Å². The van der Waals surface area contributed by atoms with Crippen molar-refractivity contribution in [2.24, 2.45) is 5.41 Å². The molecule has 0 aliphatic carbocycles. The highest BCUT2D eigenvalue weighted by Gasteiger charge is 2.52. The first-order valence-corrected chi connectivity index (χ1v) is 12.8. The maximum atomic E-state index is 15.0. The molecular weight excluding hydrogens is 494 g/mol. The molecule has 190 valence electrons. The number of likely N-dealkylation sites (tertiary alicyclic amines) is 1. The molecule has 0 saturated carbocycles. The zero-order chi connectivity index (χ0) is 26.1. The van der Waals surface area contributed by atoms with Crippen molar-refractivity contribution in [3.63, 3.8) is 0 Å². The van der Waals surface area contributed by atoms with Gasteiger partial charge in [0, 0.05) is 59.5 Å². The zero-order valence-corrected chi connectivity index (χ0v) is 21.9. The van der Waals surface area contributed by atoms with E-state index in [1.165, 1.54) is 12.1 Å². The third-order valence-corrected chi connectivity index (χ3v) is 7.73. The van der Waals surface area contributed by atoms with Crippen molar-refractivity contribution < 1.29 is 8.78 Å². The quantitative estimate of drug-likeness (QED) is 0.337. The van der Waals surface area contributed by atoms with Crippen LogP contribution in [0, 0.1) is 30.9 Å². The summed E-state index contributed by atoms with van der Waals surface area (Å²) in [4.78, 5) is 23.2. The Kier molecular flexibility index (Phi) is 5.65. The monoisotopic (exact) mass is 520 g/mol. The van der Waals surface area contributed by atoms with Crippen molar-refractivity contribution >= 4 is 28.5 Å². The Bertz CT molecular complexity index is 1540. The maximum Gasteiger partial charge on any atom is 0.182 e. The van der Waals surface area contributed by atoms with E-state index in [0.717, 1.165) is 31.9 Å². The average Bonchev–Trinajstić information content (AvgIpc) is 2.77. The highest BCUT2D eigenvalue weighted by molar-refractivity contribution is 6.30. The van der Waals surface area contributed by atoms with Gasteiger partial charge in [0.1, 0.15) is 22.8 Å². The van der Waals surface area contributed by atoms with Crippen LogP contribution in [0.15, 0.2) is 36.4 Å². The molecule has 4 aromatic rings. The minimum atomic E-state index is -0.528. The van der Waals surface area contributed by atoms with E-state index in [1.807, 2.05) is 19.9 Å². The number of hydrogen-bond donors (Lipinski definition) is 0. The number of halogens is 3. The molecule has 0 N–H and O–H groups in total. The molecule has 0 amide bonds. The number of rotatable bonds is 4. The highest BCUT2D eigenvalue weighted by Crippen LogP contribution is 2.43. The molecule has 2 aliphatic rings. The summed E-state index contributed by atoms with van der Waals surface area (Å²) in [6.07, 6.45) is 0. The first-order valence-electron chi connectivity index (χ1n) is 12.4. The minimum Gasteiger partial charge on any atom is -0.370 e. The Morgan fingerprint density at radius 3 is 2.32 bits per heavy atom. The van der Waals surface area contributed by atoms with Crippen LogP contribution >= 0.6 is 11.6 Å². The molecule has 9 heteroatoms. The van der Waals surface area contributed by atoms with Gasteiger partial charge in [-0.05, 0) is 64.1 Å². The second-order valence-electron chi connectivity index (χ2n) is 10.6. The molecule has 2 fully saturated rings. The van der Waals surface area contributed by atoms with Gasteiger partial charge in [0.2, 0.25) is 0 Å². The summed E-state index contributed by atoms with van der Waals surface area (Å²) in [6.45, 7) is 12.0. The lowest BCUT2D eigenvalue weighted by molar-refractivity contribution is -0.0411. The molecule has 6 rings (SSSR count). The molecule has 6 nitrogen and oxygen atoms in total. The Labute approximate surface area is 219 Å². The van der Waals surface area contributed by atoms with Crippen molar-refractivity contribution in [2.45, 2.75) is 33.7 Å². The average molecular weight is 521 g/mol. The fourth-order valence-electron chi connectivity index (χ4n) is 5.32. The lowest BCUT2D eigenvalue weighted by Crippen LogP contribution is -2.73. The number of benzene rings is 2. The summed E-state index contributed by atoms with van der Waals surface area (Å²) in [6, 6.07) is 9.79. The van der Waals surface area contributed by atoms with Gasteiger partial charge in [-0.1, -0.05) is 11.6 Å². The smallest absolute Gasteiger partial charge is 0.182 e. The number of nitrogens with zero attached hydrogens (tertiary/aromatic N) is 6. The van der Waals surface area contributed by atoms with Crippen molar-refractivity contribution in [2.75, 3.05) is 31.1 Å². The van der Waals surface area contributed by atoms with E-state index < -0.39 is 5.82 Å². The molecule has 2 aromatic carbocycles. The van der Waals surface area contributed by atoms with Crippen molar-refractivity contribution in [1.82, 2.24) is 24.8 Å². The van der Waals surface area contributed by atoms with Crippen LogP contribution in [0.3, 0.4) is 0 Å². The van der Waals surface area contributed by atoms with Crippen LogP contribution < -0.4 is 4.90 Å².